The van der Waals surface area contributed by atoms with Gasteiger partial charge in [0.1, 0.15) is 0 Å². The first-order valence-corrected chi connectivity index (χ1v) is 7.27. The van der Waals surface area contributed by atoms with Crippen LogP contribution in [0, 0.1) is 0 Å². The maximum Gasteiger partial charge on any atom is 0.253 e. The van der Waals surface area contributed by atoms with E-state index in [1.807, 2.05) is 25.1 Å². The topological polar surface area (TPSA) is 62.4 Å². The average molecular weight is 275 g/mol. The van der Waals surface area contributed by atoms with E-state index in [0.717, 1.165) is 43.9 Å². The molecular weight excluding hydrogens is 254 g/mol. The van der Waals surface area contributed by atoms with E-state index in [9.17, 15) is 4.79 Å². The van der Waals surface area contributed by atoms with Crippen molar-refractivity contribution in [3.05, 3.63) is 23.8 Å². The molecule has 1 amide bonds. The fraction of sp³-hybridized carbons (Fsp3) is 0.533. The minimum atomic E-state index is -0.00264. The van der Waals surface area contributed by atoms with Crippen LogP contribution < -0.4 is 16.0 Å². The zero-order valence-electron chi connectivity index (χ0n) is 11.7. The largest absolute Gasteiger partial charge is 0.382 e. The normalized spacial score (nSPS) is 25.1. The van der Waals surface area contributed by atoms with Gasteiger partial charge < -0.3 is 20.7 Å². The highest BCUT2D eigenvalue weighted by atomic mass is 16.5. The average Bonchev–Trinajstić information content (AvgIpc) is 2.46. The molecule has 0 spiro atoms. The van der Waals surface area contributed by atoms with Gasteiger partial charge in [-0.15, -0.1) is 0 Å². The van der Waals surface area contributed by atoms with Gasteiger partial charge in [-0.25, -0.2) is 0 Å². The second kappa shape index (κ2) is 5.71. The van der Waals surface area contributed by atoms with Gasteiger partial charge in [0, 0.05) is 25.7 Å². The van der Waals surface area contributed by atoms with Crippen molar-refractivity contribution in [3.63, 3.8) is 0 Å². The fourth-order valence-electron chi connectivity index (χ4n) is 2.86. The van der Waals surface area contributed by atoms with E-state index in [2.05, 4.69) is 16.0 Å². The Labute approximate surface area is 119 Å². The molecule has 0 aliphatic carbocycles. The molecule has 0 saturated carbocycles. The molecule has 3 N–H and O–H groups in total. The first kappa shape index (κ1) is 13.2. The molecule has 108 valence electrons. The van der Waals surface area contributed by atoms with Gasteiger partial charge in [-0.1, -0.05) is 6.07 Å². The zero-order valence-corrected chi connectivity index (χ0v) is 11.7. The number of amides is 1. The Kier molecular flexibility index (Phi) is 3.78. The molecule has 1 aromatic rings. The summed E-state index contributed by atoms with van der Waals surface area (Å²) in [6.07, 6.45) is 1.99. The first-order valence-electron chi connectivity index (χ1n) is 7.27. The molecule has 2 unspecified atom stereocenters. The van der Waals surface area contributed by atoms with Crippen LogP contribution in [-0.4, -0.2) is 37.7 Å². The van der Waals surface area contributed by atoms with Crippen molar-refractivity contribution in [2.45, 2.75) is 31.9 Å². The number of fused-ring (bicyclic) bond motifs is 1. The van der Waals surface area contributed by atoms with Crippen molar-refractivity contribution in [2.24, 2.45) is 0 Å². The number of carbonyl (C=O) groups is 1. The van der Waals surface area contributed by atoms with Crippen LogP contribution in [0.25, 0.3) is 0 Å². The quantitative estimate of drug-likeness (QED) is 0.770. The first-order chi connectivity index (χ1) is 9.74. The van der Waals surface area contributed by atoms with Gasteiger partial charge >= 0.3 is 0 Å². The summed E-state index contributed by atoms with van der Waals surface area (Å²) in [5, 5.41) is 9.75. The summed E-state index contributed by atoms with van der Waals surface area (Å²) in [6.45, 7) is 4.49. The van der Waals surface area contributed by atoms with Gasteiger partial charge in [0.15, 0.2) is 0 Å². The lowest BCUT2D eigenvalue weighted by molar-refractivity contribution is 0.0137. The molecule has 0 aromatic heterocycles. The number of benzene rings is 1. The van der Waals surface area contributed by atoms with E-state index in [0.29, 0.717) is 5.56 Å². The highest BCUT2D eigenvalue weighted by Crippen LogP contribution is 2.28. The Hall–Kier alpha value is -1.75. The van der Waals surface area contributed by atoms with E-state index < -0.39 is 0 Å². The molecule has 1 aromatic carbocycles. The maximum atomic E-state index is 12.5. The molecule has 0 radical (unpaired) electrons. The van der Waals surface area contributed by atoms with E-state index >= 15 is 0 Å². The molecule has 20 heavy (non-hydrogen) atoms. The van der Waals surface area contributed by atoms with Gasteiger partial charge in [-0.05, 0) is 31.9 Å². The third kappa shape index (κ3) is 2.72. The van der Waals surface area contributed by atoms with Crippen LogP contribution in [0.4, 0.5) is 11.4 Å². The van der Waals surface area contributed by atoms with Gasteiger partial charge in [0.25, 0.3) is 5.91 Å². The van der Waals surface area contributed by atoms with E-state index in [4.69, 9.17) is 4.74 Å². The van der Waals surface area contributed by atoms with Crippen LogP contribution in [0.3, 0.4) is 0 Å². The molecule has 2 aliphatic rings. The van der Waals surface area contributed by atoms with Crippen molar-refractivity contribution in [1.82, 2.24) is 5.32 Å². The van der Waals surface area contributed by atoms with Crippen molar-refractivity contribution >= 4 is 17.3 Å². The summed E-state index contributed by atoms with van der Waals surface area (Å²) in [6, 6.07) is 5.99. The molecule has 2 heterocycles. The second-order valence-corrected chi connectivity index (χ2v) is 5.46. The lowest BCUT2D eigenvalue weighted by Gasteiger charge is -2.29. The zero-order chi connectivity index (χ0) is 13.9. The van der Waals surface area contributed by atoms with Crippen LogP contribution in [0.5, 0.6) is 0 Å². The molecule has 2 aliphatic heterocycles. The summed E-state index contributed by atoms with van der Waals surface area (Å²) < 4.78 is 5.51. The Bertz CT molecular complexity index is 504. The molecule has 5 nitrogen and oxygen atoms in total. The summed E-state index contributed by atoms with van der Waals surface area (Å²) in [7, 11) is 0. The van der Waals surface area contributed by atoms with E-state index in [1.54, 1.807) is 0 Å². The summed E-state index contributed by atoms with van der Waals surface area (Å²) in [4.78, 5) is 12.5. The standard InChI is InChI=1S/C15H21N3O2/c1-10-9-11(5-8-20-10)18-15(19)12-3-2-4-13-14(12)17-7-6-16-13/h2-4,10-11,16-17H,5-9H2,1H3,(H,18,19). The Balaban J connectivity index is 1.74. The molecular formula is C15H21N3O2. The van der Waals surface area contributed by atoms with Crippen LogP contribution in [0.1, 0.15) is 30.1 Å². The third-order valence-corrected chi connectivity index (χ3v) is 3.87. The number of hydrogen-bond donors (Lipinski definition) is 3. The summed E-state index contributed by atoms with van der Waals surface area (Å²) in [5.41, 5.74) is 2.63. The van der Waals surface area contributed by atoms with Gasteiger partial charge in [-0.2, -0.15) is 0 Å². The predicted octanol–water partition coefficient (Wildman–Crippen LogP) is 1.82. The monoisotopic (exact) mass is 275 g/mol. The van der Waals surface area contributed by atoms with Gasteiger partial charge in [0.05, 0.1) is 23.0 Å². The van der Waals surface area contributed by atoms with Crippen LogP contribution in [0.15, 0.2) is 18.2 Å². The number of para-hydroxylation sites is 1. The predicted molar refractivity (Wildman–Crippen MR) is 79.3 cm³/mol. The number of carbonyl (C=O) groups excluding carboxylic acids is 1. The van der Waals surface area contributed by atoms with Crippen molar-refractivity contribution < 1.29 is 9.53 Å². The van der Waals surface area contributed by atoms with Gasteiger partial charge in [-0.3, -0.25) is 4.79 Å². The Morgan fingerprint density at radius 3 is 3.05 bits per heavy atom. The number of nitrogens with one attached hydrogen (secondary N) is 3. The smallest absolute Gasteiger partial charge is 0.253 e. The Morgan fingerprint density at radius 1 is 1.35 bits per heavy atom. The molecule has 1 fully saturated rings. The molecule has 2 atom stereocenters. The SMILES string of the molecule is CC1CC(NC(=O)c2cccc3c2NCCN3)CCO1. The molecule has 3 rings (SSSR count). The lowest BCUT2D eigenvalue weighted by Crippen LogP contribution is -2.41. The summed E-state index contributed by atoms with van der Waals surface area (Å²) in [5.74, 6) is -0.00264. The van der Waals surface area contributed by atoms with Crippen molar-refractivity contribution in [3.8, 4) is 0 Å². The lowest BCUT2D eigenvalue weighted by atomic mass is 10.0. The van der Waals surface area contributed by atoms with Crippen LogP contribution in [0.2, 0.25) is 0 Å². The van der Waals surface area contributed by atoms with E-state index in [1.165, 1.54) is 0 Å². The number of ether oxygens (including phenoxy) is 1. The van der Waals surface area contributed by atoms with Crippen molar-refractivity contribution in [2.75, 3.05) is 30.3 Å². The minimum Gasteiger partial charge on any atom is -0.382 e. The summed E-state index contributed by atoms with van der Waals surface area (Å²) >= 11 is 0. The molecule has 5 heteroatoms. The highest BCUT2D eigenvalue weighted by molar-refractivity contribution is 6.02. The fourth-order valence-corrected chi connectivity index (χ4v) is 2.86. The number of rotatable bonds is 2. The maximum absolute atomic E-state index is 12.5. The molecule has 1 saturated heterocycles. The minimum absolute atomic E-state index is 0.00264. The van der Waals surface area contributed by atoms with Crippen LogP contribution in [-0.2, 0) is 4.74 Å². The van der Waals surface area contributed by atoms with Crippen molar-refractivity contribution in [1.29, 1.82) is 0 Å². The van der Waals surface area contributed by atoms with Gasteiger partial charge in [0.2, 0.25) is 0 Å². The second-order valence-electron chi connectivity index (χ2n) is 5.46. The van der Waals surface area contributed by atoms with Crippen LogP contribution >= 0.6 is 0 Å². The highest BCUT2D eigenvalue weighted by Gasteiger charge is 2.23. The number of hydrogen-bond acceptors (Lipinski definition) is 4. The molecule has 0 bridgehead atoms. The third-order valence-electron chi connectivity index (χ3n) is 3.87. The van der Waals surface area contributed by atoms with E-state index in [-0.39, 0.29) is 18.1 Å². The Morgan fingerprint density at radius 2 is 2.20 bits per heavy atom. The number of anilines is 2.